The average Bonchev–Trinajstić information content (AvgIpc) is 3.23. The van der Waals surface area contributed by atoms with Crippen LogP contribution in [0.2, 0.25) is 0 Å². The summed E-state index contributed by atoms with van der Waals surface area (Å²) in [5.41, 5.74) is 6.21. The Morgan fingerprint density at radius 3 is 2.62 bits per heavy atom. The van der Waals surface area contributed by atoms with E-state index in [2.05, 4.69) is 10.3 Å². The number of aromatic nitrogens is 1. The number of ether oxygens (including phenoxy) is 1. The highest BCUT2D eigenvalue weighted by Gasteiger charge is 2.35. The first kappa shape index (κ1) is 23.7. The molecule has 2 aromatic heterocycles. The van der Waals surface area contributed by atoms with E-state index in [0.29, 0.717) is 41.5 Å². The first-order valence-electron chi connectivity index (χ1n) is 10.4. The Morgan fingerprint density at radius 2 is 1.97 bits per heavy atom. The maximum absolute atomic E-state index is 13.9. The minimum absolute atomic E-state index is 0.0151. The van der Waals surface area contributed by atoms with Gasteiger partial charge in [0.1, 0.15) is 18.1 Å². The van der Waals surface area contributed by atoms with Gasteiger partial charge in [0, 0.05) is 17.3 Å². The van der Waals surface area contributed by atoms with E-state index in [1.807, 2.05) is 13.8 Å². The van der Waals surface area contributed by atoms with Crippen LogP contribution in [0.1, 0.15) is 38.5 Å². The fourth-order valence-electron chi connectivity index (χ4n) is 3.66. The first-order chi connectivity index (χ1) is 15.0. The van der Waals surface area contributed by atoms with Crippen LogP contribution in [0.15, 0.2) is 59.5 Å². The lowest BCUT2D eigenvalue weighted by Crippen LogP contribution is -2.43. The van der Waals surface area contributed by atoms with Crippen LogP contribution >= 0.6 is 0 Å². The van der Waals surface area contributed by atoms with Crippen LogP contribution in [0.5, 0.6) is 5.75 Å². The minimum atomic E-state index is -4.58. The molecule has 1 atom stereocenters. The van der Waals surface area contributed by atoms with Crippen LogP contribution in [0, 0.1) is 5.92 Å². The number of pyridine rings is 1. The molecule has 0 saturated heterocycles. The predicted octanol–water partition coefficient (Wildman–Crippen LogP) is 6.11. The van der Waals surface area contributed by atoms with Crippen LogP contribution in [-0.4, -0.2) is 17.1 Å². The fraction of sp³-hybridized carbons (Fsp3) is 0.375. The topological polar surface area (TPSA) is 73.3 Å². The predicted molar refractivity (Wildman–Crippen MR) is 118 cm³/mol. The molecule has 3 aromatic rings. The van der Waals surface area contributed by atoms with Crippen LogP contribution in [0.4, 0.5) is 18.9 Å². The van der Waals surface area contributed by atoms with Gasteiger partial charge in [0.05, 0.1) is 30.3 Å². The second-order valence-electron chi connectivity index (χ2n) is 8.60. The van der Waals surface area contributed by atoms with E-state index in [1.165, 1.54) is 12.3 Å². The molecule has 2 heterocycles. The number of rotatable bonds is 9. The molecule has 0 amide bonds. The van der Waals surface area contributed by atoms with Crippen molar-refractivity contribution in [1.29, 1.82) is 0 Å². The largest absolute Gasteiger partial charge is 0.491 e. The van der Waals surface area contributed by atoms with Crippen molar-refractivity contribution in [3.63, 3.8) is 0 Å². The number of furan rings is 1. The molecule has 172 valence electrons. The van der Waals surface area contributed by atoms with Gasteiger partial charge >= 0.3 is 6.18 Å². The molecular weight excluding hydrogens is 419 g/mol. The van der Waals surface area contributed by atoms with E-state index in [1.54, 1.807) is 43.6 Å². The van der Waals surface area contributed by atoms with Gasteiger partial charge < -0.3 is 20.2 Å². The second-order valence-corrected chi connectivity index (χ2v) is 8.60. The lowest BCUT2D eigenvalue weighted by atomic mass is 9.93. The molecule has 8 heteroatoms. The van der Waals surface area contributed by atoms with Crippen molar-refractivity contribution >= 4 is 5.69 Å². The maximum atomic E-state index is 13.9. The summed E-state index contributed by atoms with van der Waals surface area (Å²) < 4.78 is 52.4. The maximum Gasteiger partial charge on any atom is 0.419 e. The molecule has 3 N–H and O–H groups in total. The van der Waals surface area contributed by atoms with E-state index < -0.39 is 17.3 Å². The number of anilines is 1. The average molecular weight is 448 g/mol. The third-order valence-electron chi connectivity index (χ3n) is 4.88. The molecule has 1 unspecified atom stereocenters. The van der Waals surface area contributed by atoms with E-state index in [4.69, 9.17) is 14.9 Å². The lowest BCUT2D eigenvalue weighted by molar-refractivity contribution is -0.139. The molecule has 0 aliphatic carbocycles. The third-order valence-corrected chi connectivity index (χ3v) is 4.88. The normalized spacial score (nSPS) is 13.8. The number of halogens is 3. The number of benzene rings is 1. The van der Waals surface area contributed by atoms with Crippen LogP contribution < -0.4 is 15.8 Å². The third kappa shape index (κ3) is 6.26. The molecule has 0 saturated carbocycles. The van der Waals surface area contributed by atoms with Crippen molar-refractivity contribution in [2.75, 3.05) is 11.9 Å². The number of nitrogens with one attached hydrogen (secondary N) is 1. The Balaban J connectivity index is 1.88. The first-order valence-corrected chi connectivity index (χ1v) is 10.4. The van der Waals surface area contributed by atoms with Crippen molar-refractivity contribution in [3.05, 3.63) is 66.4 Å². The molecule has 5 nitrogen and oxygen atoms in total. The zero-order valence-electron chi connectivity index (χ0n) is 18.4. The Labute approximate surface area is 185 Å². The molecule has 3 rings (SSSR count). The smallest absolute Gasteiger partial charge is 0.419 e. The molecule has 1 aromatic carbocycles. The lowest BCUT2D eigenvalue weighted by Gasteiger charge is -2.27. The van der Waals surface area contributed by atoms with Crippen LogP contribution in [0.25, 0.3) is 11.1 Å². The standard InChI is InChI=1S/C24H28F3N3O2/c1-16(2)12-23(3,28)15-32-22-7-6-17(11-20(22)24(25,26)27)19-8-9-29-14-21(19)30-13-18-5-4-10-31-18/h4-11,14,16,30H,12-13,15,28H2,1-3H3. The summed E-state index contributed by atoms with van der Waals surface area (Å²) in [6, 6.07) is 9.29. The number of nitrogens with zero attached hydrogens (tertiary/aromatic N) is 1. The Bertz CT molecular complexity index is 1020. The molecule has 32 heavy (non-hydrogen) atoms. The van der Waals surface area contributed by atoms with Gasteiger partial charge in [-0.15, -0.1) is 0 Å². The minimum Gasteiger partial charge on any atom is -0.491 e. The zero-order valence-corrected chi connectivity index (χ0v) is 18.4. The molecule has 0 aliphatic rings. The van der Waals surface area contributed by atoms with Crippen molar-refractivity contribution in [2.24, 2.45) is 11.7 Å². The Morgan fingerprint density at radius 1 is 1.19 bits per heavy atom. The molecule has 0 bridgehead atoms. The van der Waals surface area contributed by atoms with E-state index >= 15 is 0 Å². The number of nitrogens with two attached hydrogens (primary N) is 1. The van der Waals surface area contributed by atoms with Crippen molar-refractivity contribution < 1.29 is 22.3 Å². The van der Waals surface area contributed by atoms with Gasteiger partial charge in [-0.3, -0.25) is 4.98 Å². The Hall–Kier alpha value is -3.00. The monoisotopic (exact) mass is 447 g/mol. The van der Waals surface area contributed by atoms with Gasteiger partial charge in [-0.1, -0.05) is 19.9 Å². The number of alkyl halides is 3. The second kappa shape index (κ2) is 9.65. The highest BCUT2D eigenvalue weighted by Crippen LogP contribution is 2.40. The molecule has 0 fully saturated rings. The number of hydrogen-bond donors (Lipinski definition) is 2. The summed E-state index contributed by atoms with van der Waals surface area (Å²) in [5, 5.41) is 3.16. The van der Waals surface area contributed by atoms with Gasteiger partial charge in [-0.2, -0.15) is 13.2 Å². The molecule has 0 aliphatic heterocycles. The molecule has 0 spiro atoms. The van der Waals surface area contributed by atoms with Crippen molar-refractivity contribution in [2.45, 2.75) is 45.5 Å². The zero-order chi connectivity index (χ0) is 23.4. The van der Waals surface area contributed by atoms with E-state index in [-0.39, 0.29) is 12.4 Å². The summed E-state index contributed by atoms with van der Waals surface area (Å²) >= 11 is 0. The van der Waals surface area contributed by atoms with E-state index in [9.17, 15) is 13.2 Å². The van der Waals surface area contributed by atoms with E-state index in [0.717, 1.165) is 6.07 Å². The van der Waals surface area contributed by atoms with Crippen molar-refractivity contribution in [1.82, 2.24) is 4.98 Å². The van der Waals surface area contributed by atoms with Gasteiger partial charge in [-0.05, 0) is 55.2 Å². The summed E-state index contributed by atoms with van der Waals surface area (Å²) in [5.74, 6) is 0.767. The van der Waals surface area contributed by atoms with Crippen LogP contribution in [-0.2, 0) is 12.7 Å². The fourth-order valence-corrected chi connectivity index (χ4v) is 3.66. The summed E-state index contributed by atoms with van der Waals surface area (Å²) in [7, 11) is 0. The van der Waals surface area contributed by atoms with Crippen molar-refractivity contribution in [3.8, 4) is 16.9 Å². The summed E-state index contributed by atoms with van der Waals surface area (Å²) in [6.45, 7) is 6.16. The van der Waals surface area contributed by atoms with Gasteiger partial charge in [0.25, 0.3) is 0 Å². The quantitative estimate of drug-likeness (QED) is 0.414. The van der Waals surface area contributed by atoms with Gasteiger partial charge in [0.15, 0.2) is 0 Å². The molecule has 0 radical (unpaired) electrons. The Kier molecular flexibility index (Phi) is 7.13. The van der Waals surface area contributed by atoms with Gasteiger partial charge in [-0.25, -0.2) is 0 Å². The highest BCUT2D eigenvalue weighted by molar-refractivity contribution is 5.78. The van der Waals surface area contributed by atoms with Gasteiger partial charge in [0.2, 0.25) is 0 Å². The van der Waals surface area contributed by atoms with Crippen LogP contribution in [0.3, 0.4) is 0 Å². The molecular formula is C24H28F3N3O2. The SMILES string of the molecule is CC(C)CC(C)(N)COc1ccc(-c2ccncc2NCc2ccco2)cc1C(F)(F)F. The highest BCUT2D eigenvalue weighted by atomic mass is 19.4. The number of hydrogen-bond acceptors (Lipinski definition) is 5. The summed E-state index contributed by atoms with van der Waals surface area (Å²) in [6.07, 6.45) is 0.721. The summed E-state index contributed by atoms with van der Waals surface area (Å²) in [4.78, 5) is 4.09.